The van der Waals surface area contributed by atoms with Gasteiger partial charge in [-0.15, -0.1) is 0 Å². The highest BCUT2D eigenvalue weighted by Gasteiger charge is 2.19. The number of carbonyl (C=O) groups is 1. The summed E-state index contributed by atoms with van der Waals surface area (Å²) in [7, 11) is 0. The van der Waals surface area contributed by atoms with Crippen molar-refractivity contribution < 1.29 is 15.0 Å². The molecule has 4 nitrogen and oxygen atoms in total. The van der Waals surface area contributed by atoms with Crippen LogP contribution in [0, 0.1) is 0 Å². The number of hydrogen-bond donors (Lipinski definition) is 3. The second-order valence-electron chi connectivity index (χ2n) is 13.7. The Hall–Kier alpha value is -0.870. The maximum Gasteiger partial charge on any atom is 0.220 e. The van der Waals surface area contributed by atoms with Crippen LogP contribution in [-0.2, 0) is 4.79 Å². The molecule has 3 N–H and O–H groups in total. The van der Waals surface area contributed by atoms with Gasteiger partial charge in [-0.1, -0.05) is 193 Å². The van der Waals surface area contributed by atoms with Crippen molar-refractivity contribution >= 4 is 5.91 Å². The summed E-state index contributed by atoms with van der Waals surface area (Å²) < 4.78 is 0. The van der Waals surface area contributed by atoms with Crippen LogP contribution in [0.4, 0.5) is 0 Å². The van der Waals surface area contributed by atoms with E-state index in [1.54, 1.807) is 0 Å². The second kappa shape index (κ2) is 36.6. The summed E-state index contributed by atoms with van der Waals surface area (Å²) in [4.78, 5) is 12.4. The highest BCUT2D eigenvalue weighted by atomic mass is 16.3. The smallest absolute Gasteiger partial charge is 0.220 e. The quantitative estimate of drug-likeness (QED) is 0.0481. The Morgan fingerprint density at radius 1 is 0.523 bits per heavy atom. The predicted octanol–water partition coefficient (Wildman–Crippen LogP) is 11.9. The van der Waals surface area contributed by atoms with Crippen LogP contribution in [0.3, 0.4) is 0 Å². The normalized spacial score (nSPS) is 13.1. The highest BCUT2D eigenvalue weighted by Crippen LogP contribution is 2.16. The molecule has 0 aliphatic heterocycles. The molecule has 0 saturated heterocycles. The van der Waals surface area contributed by atoms with Gasteiger partial charge in [0, 0.05) is 6.42 Å². The van der Waals surface area contributed by atoms with Crippen molar-refractivity contribution in [3.63, 3.8) is 0 Å². The largest absolute Gasteiger partial charge is 0.394 e. The topological polar surface area (TPSA) is 69.6 Å². The van der Waals surface area contributed by atoms with Crippen LogP contribution in [0.2, 0.25) is 0 Å². The van der Waals surface area contributed by atoms with E-state index < -0.39 is 12.1 Å². The molecule has 0 rings (SSSR count). The molecule has 0 heterocycles. The standard InChI is InChI=1S/C40H79NO3/c1-3-5-7-9-11-13-15-17-18-19-20-21-22-24-26-28-30-32-34-36-40(44)41-38(37-42)39(43)35-33-31-29-27-25-23-16-14-12-10-8-6-4-2/h8,10,38-39,42-43H,3-7,9,11-37H2,1-2H3,(H,41,44)/b10-8-/t38-,39+/m0/s1. The van der Waals surface area contributed by atoms with Crippen LogP contribution in [0.1, 0.15) is 219 Å². The highest BCUT2D eigenvalue weighted by molar-refractivity contribution is 5.76. The summed E-state index contributed by atoms with van der Waals surface area (Å²) in [5, 5.41) is 23.1. The van der Waals surface area contributed by atoms with E-state index in [1.165, 1.54) is 167 Å². The van der Waals surface area contributed by atoms with E-state index in [4.69, 9.17) is 0 Å². The minimum atomic E-state index is -0.658. The van der Waals surface area contributed by atoms with Crippen molar-refractivity contribution in [3.05, 3.63) is 12.2 Å². The minimum absolute atomic E-state index is 0.0315. The van der Waals surface area contributed by atoms with E-state index in [2.05, 4.69) is 31.3 Å². The van der Waals surface area contributed by atoms with E-state index in [0.717, 1.165) is 25.7 Å². The number of nitrogens with one attached hydrogen (secondary N) is 1. The number of rotatable bonds is 36. The first kappa shape index (κ1) is 43.1. The average Bonchev–Trinajstić information content (AvgIpc) is 3.03. The number of allylic oxidation sites excluding steroid dienone is 2. The van der Waals surface area contributed by atoms with Gasteiger partial charge in [0.25, 0.3) is 0 Å². The predicted molar refractivity (Wildman–Crippen MR) is 193 cm³/mol. The maximum atomic E-state index is 12.4. The summed E-state index contributed by atoms with van der Waals surface area (Å²) in [6.07, 6.45) is 44.2. The summed E-state index contributed by atoms with van der Waals surface area (Å²) >= 11 is 0. The van der Waals surface area contributed by atoms with E-state index in [1.807, 2.05) is 0 Å². The first-order valence-electron chi connectivity index (χ1n) is 19.9. The fourth-order valence-corrected chi connectivity index (χ4v) is 6.19. The monoisotopic (exact) mass is 622 g/mol. The molecule has 0 aliphatic rings. The number of aliphatic hydroxyl groups excluding tert-OH is 2. The van der Waals surface area contributed by atoms with E-state index in [0.29, 0.717) is 12.8 Å². The van der Waals surface area contributed by atoms with Crippen LogP contribution in [-0.4, -0.2) is 34.9 Å². The summed E-state index contributed by atoms with van der Waals surface area (Å²) in [6.45, 7) is 4.31. The van der Waals surface area contributed by atoms with E-state index in [9.17, 15) is 15.0 Å². The molecule has 262 valence electrons. The zero-order chi connectivity index (χ0) is 32.2. The SMILES string of the molecule is CCC/C=C\CCCCCCCCCC[C@@H](O)[C@H](CO)NC(=O)CCCCCCCCCCCCCCCCCCCCC. The molecule has 0 spiro atoms. The molecule has 0 aromatic carbocycles. The minimum Gasteiger partial charge on any atom is -0.394 e. The molecule has 0 aromatic rings. The van der Waals surface area contributed by atoms with E-state index >= 15 is 0 Å². The van der Waals surface area contributed by atoms with Crippen LogP contribution >= 0.6 is 0 Å². The Morgan fingerprint density at radius 3 is 1.34 bits per heavy atom. The molecule has 0 aliphatic carbocycles. The van der Waals surface area contributed by atoms with Crippen molar-refractivity contribution in [2.45, 2.75) is 231 Å². The first-order valence-corrected chi connectivity index (χ1v) is 19.9. The lowest BCUT2D eigenvalue weighted by Crippen LogP contribution is -2.45. The average molecular weight is 622 g/mol. The Morgan fingerprint density at radius 2 is 0.909 bits per heavy atom. The van der Waals surface area contributed by atoms with E-state index in [-0.39, 0.29) is 12.5 Å². The molecule has 0 radical (unpaired) electrons. The Kier molecular flexibility index (Phi) is 35.9. The van der Waals surface area contributed by atoms with Crippen molar-refractivity contribution in [2.24, 2.45) is 0 Å². The Bertz CT molecular complexity index is 593. The summed E-state index contributed by atoms with van der Waals surface area (Å²) in [6, 6.07) is -0.533. The fourth-order valence-electron chi connectivity index (χ4n) is 6.19. The third kappa shape index (κ3) is 32.5. The molecule has 0 aromatic heterocycles. The molecule has 4 heteroatoms. The van der Waals surface area contributed by atoms with Gasteiger partial charge < -0.3 is 15.5 Å². The third-order valence-corrected chi connectivity index (χ3v) is 9.26. The number of amides is 1. The van der Waals surface area contributed by atoms with Gasteiger partial charge >= 0.3 is 0 Å². The van der Waals surface area contributed by atoms with Gasteiger partial charge in [-0.3, -0.25) is 4.79 Å². The van der Waals surface area contributed by atoms with Crippen molar-refractivity contribution in [1.29, 1.82) is 0 Å². The van der Waals surface area contributed by atoms with Gasteiger partial charge in [-0.25, -0.2) is 0 Å². The number of unbranched alkanes of at least 4 members (excludes halogenated alkanes) is 27. The molecule has 44 heavy (non-hydrogen) atoms. The Labute approximate surface area is 276 Å². The number of hydrogen-bond acceptors (Lipinski definition) is 3. The molecule has 1 amide bonds. The van der Waals surface area contributed by atoms with Crippen LogP contribution in [0.5, 0.6) is 0 Å². The zero-order valence-electron chi connectivity index (χ0n) is 29.9. The van der Waals surface area contributed by atoms with Gasteiger partial charge in [0.15, 0.2) is 0 Å². The summed E-state index contributed by atoms with van der Waals surface area (Å²) in [5.41, 5.74) is 0. The number of aliphatic hydroxyl groups is 2. The lowest BCUT2D eigenvalue weighted by molar-refractivity contribution is -0.123. The third-order valence-electron chi connectivity index (χ3n) is 9.26. The van der Waals surface area contributed by atoms with Crippen molar-refractivity contribution in [1.82, 2.24) is 5.32 Å². The van der Waals surface area contributed by atoms with Gasteiger partial charge in [0.1, 0.15) is 0 Å². The molecular weight excluding hydrogens is 542 g/mol. The second-order valence-corrected chi connectivity index (χ2v) is 13.7. The lowest BCUT2D eigenvalue weighted by atomic mass is 10.0. The van der Waals surface area contributed by atoms with Gasteiger partial charge in [-0.05, 0) is 32.1 Å². The lowest BCUT2D eigenvalue weighted by Gasteiger charge is -2.22. The van der Waals surface area contributed by atoms with Gasteiger partial charge in [-0.2, -0.15) is 0 Å². The number of carbonyl (C=O) groups excluding carboxylic acids is 1. The molecule has 2 atom stereocenters. The molecule has 0 fully saturated rings. The molecule has 0 saturated carbocycles. The van der Waals surface area contributed by atoms with Gasteiger partial charge in [0.05, 0.1) is 18.8 Å². The zero-order valence-corrected chi connectivity index (χ0v) is 29.9. The van der Waals surface area contributed by atoms with Crippen molar-refractivity contribution in [2.75, 3.05) is 6.61 Å². The van der Waals surface area contributed by atoms with Crippen molar-refractivity contribution in [3.8, 4) is 0 Å². The van der Waals surface area contributed by atoms with Gasteiger partial charge in [0.2, 0.25) is 5.91 Å². The molecule has 0 bridgehead atoms. The Balaban J connectivity index is 3.49. The summed E-state index contributed by atoms with van der Waals surface area (Å²) in [5.74, 6) is -0.0315. The first-order chi connectivity index (χ1) is 21.7. The maximum absolute atomic E-state index is 12.4. The van der Waals surface area contributed by atoms with Crippen LogP contribution < -0.4 is 5.32 Å². The fraction of sp³-hybridized carbons (Fsp3) is 0.925. The van der Waals surface area contributed by atoms with Crippen LogP contribution in [0.15, 0.2) is 12.2 Å². The van der Waals surface area contributed by atoms with Crippen LogP contribution in [0.25, 0.3) is 0 Å². The molecular formula is C40H79NO3. The molecule has 0 unspecified atom stereocenters.